The molecular formula is C10H21NOS. The molecule has 1 saturated carbocycles. The molecule has 1 aliphatic rings. The molecule has 0 aromatic heterocycles. The van der Waals surface area contributed by atoms with Gasteiger partial charge >= 0.3 is 0 Å². The fourth-order valence-corrected chi connectivity index (χ4v) is 3.46. The number of hydrogen-bond donors (Lipinski definition) is 1. The largest absolute Gasteiger partial charge is 0.327 e. The van der Waals surface area contributed by atoms with Crippen molar-refractivity contribution >= 4 is 10.8 Å². The van der Waals surface area contributed by atoms with Crippen molar-refractivity contribution in [1.29, 1.82) is 0 Å². The Labute approximate surface area is 83.7 Å². The van der Waals surface area contributed by atoms with Crippen LogP contribution < -0.4 is 5.73 Å². The van der Waals surface area contributed by atoms with Gasteiger partial charge in [0.05, 0.1) is 0 Å². The van der Waals surface area contributed by atoms with Gasteiger partial charge in [0.2, 0.25) is 0 Å². The summed E-state index contributed by atoms with van der Waals surface area (Å²) in [7, 11) is -0.731. The molecule has 0 heterocycles. The van der Waals surface area contributed by atoms with Crippen LogP contribution in [0.4, 0.5) is 0 Å². The van der Waals surface area contributed by atoms with Crippen LogP contribution in [0.1, 0.15) is 39.0 Å². The molecule has 1 fully saturated rings. The number of nitrogens with two attached hydrogens (primary N) is 1. The Morgan fingerprint density at radius 2 is 2.15 bits per heavy atom. The van der Waals surface area contributed by atoms with E-state index in [0.29, 0.717) is 0 Å². The maximum atomic E-state index is 11.4. The summed E-state index contributed by atoms with van der Waals surface area (Å²) >= 11 is 0. The zero-order valence-electron chi connectivity index (χ0n) is 8.66. The molecule has 4 unspecified atom stereocenters. The van der Waals surface area contributed by atoms with E-state index in [2.05, 4.69) is 6.92 Å². The summed E-state index contributed by atoms with van der Waals surface area (Å²) in [5, 5.41) is 0.255. The van der Waals surface area contributed by atoms with Gasteiger partial charge in [-0.3, -0.25) is 4.21 Å². The molecule has 0 aromatic carbocycles. The van der Waals surface area contributed by atoms with E-state index < -0.39 is 10.8 Å². The highest BCUT2D eigenvalue weighted by Crippen LogP contribution is 2.29. The summed E-state index contributed by atoms with van der Waals surface area (Å²) in [4.78, 5) is 0. The SMILES string of the molecule is CCCC1CCC(N)C(S(C)=O)C1. The molecule has 13 heavy (non-hydrogen) atoms. The van der Waals surface area contributed by atoms with E-state index in [4.69, 9.17) is 5.73 Å². The van der Waals surface area contributed by atoms with Gasteiger partial charge in [-0.25, -0.2) is 0 Å². The van der Waals surface area contributed by atoms with Crippen molar-refractivity contribution in [2.75, 3.05) is 6.26 Å². The molecule has 2 nitrogen and oxygen atoms in total. The van der Waals surface area contributed by atoms with Gasteiger partial charge in [-0.05, 0) is 25.2 Å². The highest BCUT2D eigenvalue weighted by molar-refractivity contribution is 7.85. The topological polar surface area (TPSA) is 43.1 Å². The Hall–Kier alpha value is 0.110. The molecular weight excluding hydrogens is 182 g/mol. The lowest BCUT2D eigenvalue weighted by atomic mass is 9.83. The predicted molar refractivity (Wildman–Crippen MR) is 58.1 cm³/mol. The van der Waals surface area contributed by atoms with Gasteiger partial charge in [-0.2, -0.15) is 0 Å². The second-order valence-electron chi connectivity index (χ2n) is 4.17. The molecule has 78 valence electrons. The van der Waals surface area contributed by atoms with Gasteiger partial charge < -0.3 is 5.73 Å². The summed E-state index contributed by atoms with van der Waals surface area (Å²) < 4.78 is 11.4. The number of rotatable bonds is 3. The summed E-state index contributed by atoms with van der Waals surface area (Å²) in [5.74, 6) is 0.777. The van der Waals surface area contributed by atoms with Gasteiger partial charge in [-0.15, -0.1) is 0 Å². The third-order valence-electron chi connectivity index (χ3n) is 3.07. The fourth-order valence-electron chi connectivity index (χ4n) is 2.29. The van der Waals surface area contributed by atoms with Crippen LogP contribution in [-0.2, 0) is 10.8 Å². The van der Waals surface area contributed by atoms with Crippen LogP contribution in [0.2, 0.25) is 0 Å². The maximum absolute atomic E-state index is 11.4. The van der Waals surface area contributed by atoms with Crippen LogP contribution in [0, 0.1) is 5.92 Å². The van der Waals surface area contributed by atoms with E-state index in [1.165, 1.54) is 19.3 Å². The Morgan fingerprint density at radius 1 is 1.46 bits per heavy atom. The lowest BCUT2D eigenvalue weighted by Crippen LogP contribution is -2.42. The van der Waals surface area contributed by atoms with Crippen molar-refractivity contribution in [1.82, 2.24) is 0 Å². The normalized spacial score (nSPS) is 37.3. The maximum Gasteiger partial charge on any atom is 0.0498 e. The Kier molecular flexibility index (Phi) is 4.39. The van der Waals surface area contributed by atoms with Gasteiger partial charge in [0.1, 0.15) is 0 Å². The van der Waals surface area contributed by atoms with Crippen molar-refractivity contribution in [2.24, 2.45) is 11.7 Å². The second-order valence-corrected chi connectivity index (χ2v) is 5.77. The van der Waals surface area contributed by atoms with E-state index in [0.717, 1.165) is 18.8 Å². The molecule has 1 aliphatic carbocycles. The van der Waals surface area contributed by atoms with Crippen LogP contribution in [0.3, 0.4) is 0 Å². The highest BCUT2D eigenvalue weighted by Gasteiger charge is 2.29. The zero-order valence-corrected chi connectivity index (χ0v) is 9.48. The molecule has 0 spiro atoms. The van der Waals surface area contributed by atoms with Crippen LogP contribution in [0.25, 0.3) is 0 Å². The molecule has 4 atom stereocenters. The van der Waals surface area contributed by atoms with Crippen molar-refractivity contribution < 1.29 is 4.21 Å². The highest BCUT2D eigenvalue weighted by atomic mass is 32.2. The van der Waals surface area contributed by atoms with Crippen LogP contribution >= 0.6 is 0 Å². The molecule has 2 N–H and O–H groups in total. The first-order valence-corrected chi connectivity index (χ1v) is 6.85. The van der Waals surface area contributed by atoms with E-state index in [1.807, 2.05) is 0 Å². The summed E-state index contributed by atoms with van der Waals surface area (Å²) in [6.07, 6.45) is 7.69. The molecule has 0 aromatic rings. The molecule has 3 heteroatoms. The van der Waals surface area contributed by atoms with Gasteiger partial charge in [0.15, 0.2) is 0 Å². The smallest absolute Gasteiger partial charge is 0.0498 e. The summed E-state index contributed by atoms with van der Waals surface area (Å²) in [6.45, 7) is 2.21. The Morgan fingerprint density at radius 3 is 2.69 bits per heavy atom. The quantitative estimate of drug-likeness (QED) is 0.758. The molecule has 0 saturated heterocycles. The fraction of sp³-hybridized carbons (Fsp3) is 1.00. The van der Waals surface area contributed by atoms with E-state index in [-0.39, 0.29) is 11.3 Å². The first-order chi connectivity index (χ1) is 6.15. The summed E-state index contributed by atoms with van der Waals surface area (Å²) in [5.41, 5.74) is 5.95. The van der Waals surface area contributed by atoms with Crippen LogP contribution in [0.15, 0.2) is 0 Å². The van der Waals surface area contributed by atoms with Crippen LogP contribution in [0.5, 0.6) is 0 Å². The van der Waals surface area contributed by atoms with E-state index in [1.54, 1.807) is 6.26 Å². The first-order valence-electron chi connectivity index (χ1n) is 5.23. The first kappa shape index (κ1) is 11.2. The van der Waals surface area contributed by atoms with Crippen molar-refractivity contribution in [2.45, 2.75) is 50.3 Å². The van der Waals surface area contributed by atoms with Crippen LogP contribution in [-0.4, -0.2) is 21.8 Å². The van der Waals surface area contributed by atoms with Gasteiger partial charge in [-0.1, -0.05) is 19.8 Å². The van der Waals surface area contributed by atoms with E-state index >= 15 is 0 Å². The minimum absolute atomic E-state index is 0.180. The molecule has 0 radical (unpaired) electrons. The molecule has 0 amide bonds. The molecule has 0 bridgehead atoms. The van der Waals surface area contributed by atoms with Gasteiger partial charge in [0.25, 0.3) is 0 Å². The van der Waals surface area contributed by atoms with Gasteiger partial charge in [0, 0.05) is 28.3 Å². The standard InChI is InChI=1S/C10H21NOS/c1-3-4-8-5-6-9(11)10(7-8)13(2)12/h8-10H,3-7,11H2,1-2H3. The minimum atomic E-state index is -0.731. The third kappa shape index (κ3) is 3.06. The van der Waals surface area contributed by atoms with Crippen molar-refractivity contribution in [3.8, 4) is 0 Å². The average molecular weight is 203 g/mol. The minimum Gasteiger partial charge on any atom is -0.327 e. The third-order valence-corrected chi connectivity index (χ3v) is 4.47. The lowest BCUT2D eigenvalue weighted by molar-refractivity contribution is 0.314. The average Bonchev–Trinajstić information content (AvgIpc) is 2.08. The number of hydrogen-bond acceptors (Lipinski definition) is 2. The predicted octanol–water partition coefficient (Wildman–Crippen LogP) is 1.66. The molecule has 0 aliphatic heterocycles. The Bertz CT molecular complexity index is 184. The van der Waals surface area contributed by atoms with Crippen molar-refractivity contribution in [3.05, 3.63) is 0 Å². The monoisotopic (exact) mass is 203 g/mol. The van der Waals surface area contributed by atoms with E-state index in [9.17, 15) is 4.21 Å². The summed E-state index contributed by atoms with van der Waals surface area (Å²) in [6, 6.07) is 0.180. The second kappa shape index (κ2) is 5.11. The zero-order chi connectivity index (χ0) is 9.84. The van der Waals surface area contributed by atoms with Crippen molar-refractivity contribution in [3.63, 3.8) is 0 Å². The Balaban J connectivity index is 2.47. The molecule has 1 rings (SSSR count). The lowest BCUT2D eigenvalue weighted by Gasteiger charge is -2.32.